The fraction of sp³-hybridized carbons (Fsp3) is 0.375. The lowest BCUT2D eigenvalue weighted by molar-refractivity contribution is -0.0337. The Morgan fingerprint density at radius 3 is 2.90 bits per heavy atom. The maximum atomic E-state index is 13.4. The summed E-state index contributed by atoms with van der Waals surface area (Å²) in [7, 11) is 0. The van der Waals surface area contributed by atoms with Gasteiger partial charge in [0, 0.05) is 25.5 Å². The van der Waals surface area contributed by atoms with Gasteiger partial charge in [0.25, 0.3) is 0 Å². The summed E-state index contributed by atoms with van der Waals surface area (Å²) in [6, 6.07) is 6.98. The summed E-state index contributed by atoms with van der Waals surface area (Å²) in [6.45, 7) is 4.77. The monoisotopic (exact) mass is 287 g/mol. The van der Waals surface area contributed by atoms with Crippen LogP contribution in [0.2, 0.25) is 0 Å². The molecule has 4 nitrogen and oxygen atoms in total. The number of morpholine rings is 1. The fourth-order valence-electron chi connectivity index (χ4n) is 2.53. The van der Waals surface area contributed by atoms with Crippen LogP contribution in [0.15, 0.2) is 36.7 Å². The van der Waals surface area contributed by atoms with Crippen LogP contribution in [-0.2, 0) is 11.3 Å². The topological polar surface area (TPSA) is 38.2 Å². The van der Waals surface area contributed by atoms with Crippen LogP contribution in [0.3, 0.4) is 0 Å². The number of hydrogen-bond acceptors (Lipinski definition) is 4. The molecule has 1 aromatic heterocycles. The lowest BCUT2D eigenvalue weighted by Crippen LogP contribution is -2.38. The molecule has 0 saturated carbocycles. The Balaban J connectivity index is 1.69. The summed E-state index contributed by atoms with van der Waals surface area (Å²) in [5, 5.41) is 0. The molecule has 1 aliphatic rings. The highest BCUT2D eigenvalue weighted by atomic mass is 19.1. The van der Waals surface area contributed by atoms with Gasteiger partial charge < -0.3 is 4.74 Å². The van der Waals surface area contributed by atoms with Crippen molar-refractivity contribution in [1.82, 2.24) is 14.9 Å². The zero-order chi connectivity index (χ0) is 14.7. The van der Waals surface area contributed by atoms with Crippen molar-refractivity contribution < 1.29 is 9.13 Å². The molecule has 1 aliphatic heterocycles. The van der Waals surface area contributed by atoms with Crippen molar-refractivity contribution in [2.24, 2.45) is 0 Å². The molecule has 3 rings (SSSR count). The van der Waals surface area contributed by atoms with E-state index in [0.717, 1.165) is 24.5 Å². The fourth-order valence-corrected chi connectivity index (χ4v) is 2.53. The van der Waals surface area contributed by atoms with Gasteiger partial charge in [-0.1, -0.05) is 12.1 Å². The smallest absolute Gasteiger partial charge is 0.142 e. The first-order valence-electron chi connectivity index (χ1n) is 7.08. The number of benzene rings is 1. The van der Waals surface area contributed by atoms with Crippen LogP contribution in [0, 0.1) is 12.7 Å². The molecule has 5 heteroatoms. The minimum absolute atomic E-state index is 0.0261. The van der Waals surface area contributed by atoms with E-state index in [2.05, 4.69) is 14.9 Å². The number of rotatable bonds is 3. The van der Waals surface area contributed by atoms with Crippen molar-refractivity contribution in [2.45, 2.75) is 19.6 Å². The summed E-state index contributed by atoms with van der Waals surface area (Å²) in [5.41, 5.74) is 1.67. The number of ether oxygens (including phenoxy) is 1. The molecule has 0 radical (unpaired) electrons. The van der Waals surface area contributed by atoms with Crippen LogP contribution in [0.5, 0.6) is 0 Å². The Labute approximate surface area is 123 Å². The molecule has 0 spiro atoms. The molecular weight excluding hydrogens is 269 g/mol. The number of hydrogen-bond donors (Lipinski definition) is 0. The average Bonchev–Trinajstić information content (AvgIpc) is 2.51. The zero-order valence-electron chi connectivity index (χ0n) is 12.0. The van der Waals surface area contributed by atoms with Gasteiger partial charge >= 0.3 is 0 Å². The van der Waals surface area contributed by atoms with Crippen molar-refractivity contribution in [3.05, 3.63) is 59.4 Å². The zero-order valence-corrected chi connectivity index (χ0v) is 12.0. The summed E-state index contributed by atoms with van der Waals surface area (Å²) in [4.78, 5) is 10.8. The van der Waals surface area contributed by atoms with Gasteiger partial charge in [-0.25, -0.2) is 14.4 Å². The lowest BCUT2D eigenvalue weighted by Gasteiger charge is -2.32. The van der Waals surface area contributed by atoms with Crippen LogP contribution in [0.1, 0.15) is 23.1 Å². The van der Waals surface area contributed by atoms with Gasteiger partial charge in [0.15, 0.2) is 0 Å². The van der Waals surface area contributed by atoms with Crippen LogP contribution in [-0.4, -0.2) is 34.6 Å². The van der Waals surface area contributed by atoms with E-state index in [1.807, 2.05) is 12.1 Å². The molecule has 2 aromatic rings. The van der Waals surface area contributed by atoms with Gasteiger partial charge in [-0.3, -0.25) is 4.90 Å². The quantitative estimate of drug-likeness (QED) is 0.869. The van der Waals surface area contributed by atoms with Crippen molar-refractivity contribution in [2.75, 3.05) is 19.7 Å². The minimum atomic E-state index is -0.177. The van der Waals surface area contributed by atoms with E-state index in [1.54, 1.807) is 25.4 Å². The van der Waals surface area contributed by atoms with E-state index >= 15 is 0 Å². The second-order valence-electron chi connectivity index (χ2n) is 5.27. The molecule has 1 atom stereocenters. The molecule has 110 valence electrons. The van der Waals surface area contributed by atoms with Gasteiger partial charge in [-0.05, 0) is 30.2 Å². The third-order valence-electron chi connectivity index (χ3n) is 3.69. The SMILES string of the molecule is Cc1cc(C2CN(Cc3ncccn3)CCO2)ccc1F. The van der Waals surface area contributed by atoms with E-state index < -0.39 is 0 Å². The predicted molar refractivity (Wildman–Crippen MR) is 77.1 cm³/mol. The number of aryl methyl sites for hydroxylation is 1. The molecule has 0 N–H and O–H groups in total. The maximum absolute atomic E-state index is 13.4. The number of halogens is 1. The van der Waals surface area contributed by atoms with Gasteiger partial charge in [-0.15, -0.1) is 0 Å². The van der Waals surface area contributed by atoms with E-state index in [1.165, 1.54) is 6.07 Å². The van der Waals surface area contributed by atoms with Crippen LogP contribution in [0.4, 0.5) is 4.39 Å². The Morgan fingerprint density at radius 2 is 2.14 bits per heavy atom. The molecular formula is C16H18FN3O. The molecule has 1 unspecified atom stereocenters. The molecule has 1 fully saturated rings. The molecule has 0 bridgehead atoms. The Hall–Kier alpha value is -1.85. The van der Waals surface area contributed by atoms with Crippen LogP contribution < -0.4 is 0 Å². The number of nitrogens with zero attached hydrogens (tertiary/aromatic N) is 3. The Kier molecular flexibility index (Phi) is 4.22. The predicted octanol–water partition coefficient (Wildman–Crippen LogP) is 2.50. The van der Waals surface area contributed by atoms with E-state index in [9.17, 15) is 4.39 Å². The standard InChI is InChI=1S/C16H18FN3O/c1-12-9-13(3-4-14(12)17)15-10-20(7-8-21-15)11-16-18-5-2-6-19-16/h2-6,9,15H,7-8,10-11H2,1H3. The van der Waals surface area contributed by atoms with Crippen LogP contribution >= 0.6 is 0 Å². The van der Waals surface area contributed by atoms with Gasteiger partial charge in [0.05, 0.1) is 19.3 Å². The van der Waals surface area contributed by atoms with Crippen molar-refractivity contribution in [1.29, 1.82) is 0 Å². The van der Waals surface area contributed by atoms with E-state index in [0.29, 0.717) is 18.7 Å². The third kappa shape index (κ3) is 3.43. The van der Waals surface area contributed by atoms with Crippen molar-refractivity contribution in [3.8, 4) is 0 Å². The maximum Gasteiger partial charge on any atom is 0.142 e. The second-order valence-corrected chi connectivity index (χ2v) is 5.27. The summed E-state index contributed by atoms with van der Waals surface area (Å²) >= 11 is 0. The summed E-state index contributed by atoms with van der Waals surface area (Å²) < 4.78 is 19.2. The van der Waals surface area contributed by atoms with Crippen LogP contribution in [0.25, 0.3) is 0 Å². The highest BCUT2D eigenvalue weighted by molar-refractivity contribution is 5.26. The Morgan fingerprint density at radius 1 is 1.33 bits per heavy atom. The highest BCUT2D eigenvalue weighted by Gasteiger charge is 2.23. The molecule has 0 amide bonds. The molecule has 0 aliphatic carbocycles. The minimum Gasteiger partial charge on any atom is -0.371 e. The lowest BCUT2D eigenvalue weighted by atomic mass is 10.0. The van der Waals surface area contributed by atoms with Gasteiger partial charge in [0.2, 0.25) is 0 Å². The summed E-state index contributed by atoms with van der Waals surface area (Å²) in [5.74, 6) is 0.637. The Bertz CT molecular complexity index is 606. The first-order chi connectivity index (χ1) is 10.2. The average molecular weight is 287 g/mol. The van der Waals surface area contributed by atoms with Crippen molar-refractivity contribution in [3.63, 3.8) is 0 Å². The largest absolute Gasteiger partial charge is 0.371 e. The molecule has 1 aromatic carbocycles. The number of aromatic nitrogens is 2. The second kappa shape index (κ2) is 6.28. The molecule has 1 saturated heterocycles. The van der Waals surface area contributed by atoms with E-state index in [4.69, 9.17) is 4.74 Å². The van der Waals surface area contributed by atoms with Gasteiger partial charge in [-0.2, -0.15) is 0 Å². The normalized spacial score (nSPS) is 19.6. The first-order valence-corrected chi connectivity index (χ1v) is 7.08. The van der Waals surface area contributed by atoms with Crippen molar-refractivity contribution >= 4 is 0 Å². The van der Waals surface area contributed by atoms with E-state index in [-0.39, 0.29) is 11.9 Å². The van der Waals surface area contributed by atoms with Gasteiger partial charge in [0.1, 0.15) is 11.6 Å². The summed E-state index contributed by atoms with van der Waals surface area (Å²) in [6.07, 6.45) is 3.48. The molecule has 2 heterocycles. The molecule has 21 heavy (non-hydrogen) atoms. The third-order valence-corrected chi connectivity index (χ3v) is 3.69. The highest BCUT2D eigenvalue weighted by Crippen LogP contribution is 2.24. The first kappa shape index (κ1) is 14.1.